The summed E-state index contributed by atoms with van der Waals surface area (Å²) < 4.78 is 4.64. The van der Waals surface area contributed by atoms with E-state index in [1.54, 1.807) is 30.3 Å². The smallest absolute Gasteiger partial charge is 0.257 e. The molecule has 0 saturated heterocycles. The molecule has 0 radical (unpaired) electrons. The Morgan fingerprint density at radius 1 is 1.15 bits per heavy atom. The van der Waals surface area contributed by atoms with Gasteiger partial charge in [0.25, 0.3) is 5.91 Å². The number of fused-ring (bicyclic) bond motifs is 1. The Labute approximate surface area is 123 Å². The molecule has 0 aliphatic rings. The number of aromatic nitrogens is 2. The van der Waals surface area contributed by atoms with Crippen LogP contribution in [-0.2, 0) is 0 Å². The van der Waals surface area contributed by atoms with E-state index in [9.17, 15) is 4.79 Å². The quantitative estimate of drug-likeness (QED) is 0.782. The molecule has 1 amide bonds. The second-order valence-electron chi connectivity index (χ2n) is 4.02. The third-order valence-electron chi connectivity index (χ3n) is 2.71. The standard InChI is InChI=1S/C13H7Cl2N3O2/c14-7-4-5-8(9(15)6-7)13(19)16-10-2-1-3-11-12(10)18-20-17-11/h1-6H,(H,16,19). The summed E-state index contributed by atoms with van der Waals surface area (Å²) in [7, 11) is 0. The number of nitrogens with zero attached hydrogens (tertiary/aromatic N) is 2. The molecule has 2 aromatic carbocycles. The molecule has 0 saturated carbocycles. The van der Waals surface area contributed by atoms with E-state index in [0.29, 0.717) is 27.3 Å². The molecule has 0 unspecified atom stereocenters. The molecular formula is C13H7Cl2N3O2. The molecule has 1 heterocycles. The van der Waals surface area contributed by atoms with Crippen LogP contribution in [0.4, 0.5) is 5.69 Å². The van der Waals surface area contributed by atoms with Crippen molar-refractivity contribution < 1.29 is 9.42 Å². The number of benzene rings is 2. The fourth-order valence-electron chi connectivity index (χ4n) is 1.77. The Bertz CT molecular complexity index is 801. The summed E-state index contributed by atoms with van der Waals surface area (Å²) in [6.07, 6.45) is 0. The molecule has 3 aromatic rings. The Balaban J connectivity index is 1.94. The first-order valence-corrected chi connectivity index (χ1v) is 6.38. The van der Waals surface area contributed by atoms with Crippen molar-refractivity contribution in [3.05, 3.63) is 52.0 Å². The van der Waals surface area contributed by atoms with Gasteiger partial charge in [0.15, 0.2) is 5.52 Å². The normalized spacial score (nSPS) is 10.7. The summed E-state index contributed by atoms with van der Waals surface area (Å²) in [5.74, 6) is -0.359. The maximum absolute atomic E-state index is 12.2. The van der Waals surface area contributed by atoms with E-state index in [-0.39, 0.29) is 10.9 Å². The number of anilines is 1. The number of carbonyl (C=O) groups is 1. The lowest BCUT2D eigenvalue weighted by atomic mass is 10.2. The molecule has 5 nitrogen and oxygen atoms in total. The molecule has 0 atom stereocenters. The number of nitrogens with one attached hydrogen (secondary N) is 1. The largest absolute Gasteiger partial charge is 0.320 e. The highest BCUT2D eigenvalue weighted by Gasteiger charge is 2.14. The number of hydrogen-bond acceptors (Lipinski definition) is 4. The number of rotatable bonds is 2. The summed E-state index contributed by atoms with van der Waals surface area (Å²) in [6.45, 7) is 0. The SMILES string of the molecule is O=C(Nc1cccc2nonc12)c1ccc(Cl)cc1Cl. The topological polar surface area (TPSA) is 68.0 Å². The van der Waals surface area contributed by atoms with Gasteiger partial charge in [0.2, 0.25) is 0 Å². The van der Waals surface area contributed by atoms with Gasteiger partial charge < -0.3 is 5.32 Å². The Morgan fingerprint density at radius 3 is 2.80 bits per heavy atom. The predicted octanol–water partition coefficient (Wildman–Crippen LogP) is 3.78. The lowest BCUT2D eigenvalue weighted by molar-refractivity contribution is 0.102. The zero-order valence-corrected chi connectivity index (χ0v) is 11.4. The van der Waals surface area contributed by atoms with Crippen LogP contribution in [0.25, 0.3) is 11.0 Å². The average molecular weight is 308 g/mol. The van der Waals surface area contributed by atoms with Crippen molar-refractivity contribution in [1.82, 2.24) is 10.3 Å². The number of halogens is 2. The zero-order valence-electron chi connectivity index (χ0n) is 9.93. The number of carbonyl (C=O) groups excluding carboxylic acids is 1. The van der Waals surface area contributed by atoms with E-state index >= 15 is 0 Å². The maximum atomic E-state index is 12.2. The summed E-state index contributed by atoms with van der Waals surface area (Å²) in [6, 6.07) is 9.84. The van der Waals surface area contributed by atoms with Crippen LogP contribution in [0, 0.1) is 0 Å². The van der Waals surface area contributed by atoms with E-state index in [1.807, 2.05) is 0 Å². The summed E-state index contributed by atoms with van der Waals surface area (Å²) in [4.78, 5) is 12.2. The van der Waals surface area contributed by atoms with Gasteiger partial charge in [-0.3, -0.25) is 4.79 Å². The second kappa shape index (κ2) is 5.11. The second-order valence-corrected chi connectivity index (χ2v) is 4.86. The Kier molecular flexibility index (Phi) is 3.30. The van der Waals surface area contributed by atoms with Crippen LogP contribution in [0.15, 0.2) is 41.0 Å². The molecule has 1 N–H and O–H groups in total. The average Bonchev–Trinajstić information content (AvgIpc) is 2.87. The minimum Gasteiger partial charge on any atom is -0.320 e. The van der Waals surface area contributed by atoms with Gasteiger partial charge in [0, 0.05) is 5.02 Å². The summed E-state index contributed by atoms with van der Waals surface area (Å²) in [5, 5.41) is 10.9. The van der Waals surface area contributed by atoms with E-state index in [4.69, 9.17) is 23.2 Å². The number of amides is 1. The summed E-state index contributed by atoms with van der Waals surface area (Å²) in [5.41, 5.74) is 1.86. The first-order valence-electron chi connectivity index (χ1n) is 5.63. The highest BCUT2D eigenvalue weighted by atomic mass is 35.5. The van der Waals surface area contributed by atoms with Crippen LogP contribution in [0.5, 0.6) is 0 Å². The van der Waals surface area contributed by atoms with Gasteiger partial charge in [-0.05, 0) is 40.6 Å². The molecule has 100 valence electrons. The van der Waals surface area contributed by atoms with Crippen LogP contribution < -0.4 is 5.32 Å². The first-order chi connectivity index (χ1) is 9.65. The minimum atomic E-state index is -0.359. The highest BCUT2D eigenvalue weighted by Crippen LogP contribution is 2.24. The highest BCUT2D eigenvalue weighted by molar-refractivity contribution is 6.37. The van der Waals surface area contributed by atoms with Crippen molar-refractivity contribution in [1.29, 1.82) is 0 Å². The van der Waals surface area contributed by atoms with Crippen LogP contribution >= 0.6 is 23.2 Å². The predicted molar refractivity (Wildman–Crippen MR) is 76.2 cm³/mol. The lowest BCUT2D eigenvalue weighted by Gasteiger charge is -2.06. The third kappa shape index (κ3) is 2.33. The van der Waals surface area contributed by atoms with Gasteiger partial charge in [0.05, 0.1) is 16.3 Å². The van der Waals surface area contributed by atoms with Gasteiger partial charge in [-0.1, -0.05) is 29.3 Å². The molecule has 1 aromatic heterocycles. The molecule has 0 aliphatic carbocycles. The van der Waals surface area contributed by atoms with Crippen LogP contribution in [0.3, 0.4) is 0 Å². The van der Waals surface area contributed by atoms with E-state index in [2.05, 4.69) is 20.3 Å². The van der Waals surface area contributed by atoms with Gasteiger partial charge in [0.1, 0.15) is 5.52 Å². The van der Waals surface area contributed by atoms with Crippen LogP contribution in [0.1, 0.15) is 10.4 Å². The lowest BCUT2D eigenvalue weighted by Crippen LogP contribution is -2.12. The molecule has 20 heavy (non-hydrogen) atoms. The monoisotopic (exact) mass is 307 g/mol. The molecule has 0 spiro atoms. The zero-order chi connectivity index (χ0) is 14.1. The fourth-order valence-corrected chi connectivity index (χ4v) is 2.26. The first kappa shape index (κ1) is 12.9. The van der Waals surface area contributed by atoms with Gasteiger partial charge in [-0.25, -0.2) is 4.63 Å². The van der Waals surface area contributed by atoms with Crippen molar-refractivity contribution in [2.45, 2.75) is 0 Å². The van der Waals surface area contributed by atoms with Crippen molar-refractivity contribution in [2.75, 3.05) is 5.32 Å². The molecule has 0 aliphatic heterocycles. The van der Waals surface area contributed by atoms with Gasteiger partial charge in [-0.15, -0.1) is 0 Å². The Morgan fingerprint density at radius 2 is 2.00 bits per heavy atom. The van der Waals surface area contributed by atoms with Crippen molar-refractivity contribution >= 4 is 45.8 Å². The van der Waals surface area contributed by atoms with E-state index < -0.39 is 0 Å². The minimum absolute atomic E-state index is 0.278. The van der Waals surface area contributed by atoms with Crippen molar-refractivity contribution in [3.63, 3.8) is 0 Å². The van der Waals surface area contributed by atoms with Crippen LogP contribution in [-0.4, -0.2) is 16.2 Å². The maximum Gasteiger partial charge on any atom is 0.257 e. The van der Waals surface area contributed by atoms with Gasteiger partial charge in [-0.2, -0.15) is 0 Å². The molecular weight excluding hydrogens is 301 g/mol. The molecule has 3 rings (SSSR count). The van der Waals surface area contributed by atoms with E-state index in [1.165, 1.54) is 6.07 Å². The van der Waals surface area contributed by atoms with Crippen molar-refractivity contribution in [3.8, 4) is 0 Å². The van der Waals surface area contributed by atoms with Crippen molar-refractivity contribution in [2.24, 2.45) is 0 Å². The molecule has 0 fully saturated rings. The van der Waals surface area contributed by atoms with Crippen LogP contribution in [0.2, 0.25) is 10.0 Å². The Hall–Kier alpha value is -2.11. The molecule has 0 bridgehead atoms. The summed E-state index contributed by atoms with van der Waals surface area (Å²) >= 11 is 11.8. The third-order valence-corrected chi connectivity index (χ3v) is 3.26. The number of hydrogen-bond donors (Lipinski definition) is 1. The fraction of sp³-hybridized carbons (Fsp3) is 0. The molecule has 7 heteroatoms. The van der Waals surface area contributed by atoms with Gasteiger partial charge >= 0.3 is 0 Å². The van der Waals surface area contributed by atoms with E-state index in [0.717, 1.165) is 0 Å².